The second kappa shape index (κ2) is 7.18. The number of hydrogen-bond acceptors (Lipinski definition) is 3. The van der Waals surface area contributed by atoms with Crippen LogP contribution in [-0.4, -0.2) is 22.3 Å². The first-order valence-electron chi connectivity index (χ1n) is 5.19. The van der Waals surface area contributed by atoms with E-state index in [-0.39, 0.29) is 5.70 Å². The third kappa shape index (κ3) is 6.01. The molecule has 0 aromatic heterocycles. The van der Waals surface area contributed by atoms with Crippen LogP contribution in [-0.2, 0) is 4.74 Å². The minimum Gasteiger partial charge on any atom is -0.445 e. The molecule has 1 amide bonds. The van der Waals surface area contributed by atoms with E-state index in [1.807, 2.05) is 0 Å². The maximum absolute atomic E-state index is 11.9. The summed E-state index contributed by atoms with van der Waals surface area (Å²) in [6, 6.07) is 6.10. The number of halogens is 4. The molecule has 0 aliphatic heterocycles. The van der Waals surface area contributed by atoms with Crippen LogP contribution in [0.1, 0.15) is 10.4 Å². The molecular weight excluding hydrogens is 348 g/mol. The summed E-state index contributed by atoms with van der Waals surface area (Å²) in [5.41, 5.74) is 0.155. The highest BCUT2D eigenvalue weighted by Crippen LogP contribution is 2.25. The van der Waals surface area contributed by atoms with Gasteiger partial charge in [-0.05, 0) is 24.3 Å². The predicted molar refractivity (Wildman–Crippen MR) is 79.7 cm³/mol. The number of hydrogen-bond donors (Lipinski definition) is 1. The summed E-state index contributed by atoms with van der Waals surface area (Å²) < 4.78 is 2.88. The molecule has 0 heterocycles. The minimum atomic E-state index is -1.72. The van der Waals surface area contributed by atoms with Crippen LogP contribution in [0.15, 0.2) is 36.5 Å². The normalized spacial score (nSPS) is 10.8. The Hall–Kier alpha value is -0.940. The van der Waals surface area contributed by atoms with Gasteiger partial charge >= 0.3 is 6.09 Å². The lowest BCUT2D eigenvalue weighted by Crippen LogP contribution is -2.30. The average molecular weight is 357 g/mol. The van der Waals surface area contributed by atoms with Gasteiger partial charge in [0.15, 0.2) is 0 Å². The van der Waals surface area contributed by atoms with Gasteiger partial charge in [-0.1, -0.05) is 53.0 Å². The summed E-state index contributed by atoms with van der Waals surface area (Å²) in [6.07, 6.45) is -0.941. The molecule has 1 aromatic rings. The zero-order valence-corrected chi connectivity index (χ0v) is 13.0. The van der Waals surface area contributed by atoms with Gasteiger partial charge in [-0.3, -0.25) is 10.1 Å². The molecule has 0 unspecified atom stereocenters. The molecule has 0 aliphatic rings. The Kier molecular flexibility index (Phi) is 6.14. The molecule has 0 radical (unpaired) electrons. The van der Waals surface area contributed by atoms with Gasteiger partial charge in [0.1, 0.15) is 6.61 Å². The topological polar surface area (TPSA) is 55.4 Å². The van der Waals surface area contributed by atoms with Crippen LogP contribution in [0.25, 0.3) is 0 Å². The lowest BCUT2D eigenvalue weighted by molar-refractivity contribution is 0.101. The highest BCUT2D eigenvalue weighted by Gasteiger charge is 2.23. The van der Waals surface area contributed by atoms with E-state index in [0.29, 0.717) is 10.6 Å². The smallest absolute Gasteiger partial charge is 0.411 e. The summed E-state index contributed by atoms with van der Waals surface area (Å²) in [5.74, 6) is -0.479. The van der Waals surface area contributed by atoms with Crippen molar-refractivity contribution in [1.82, 2.24) is 5.32 Å². The first kappa shape index (κ1) is 17.1. The fraction of sp³-hybridized carbons (Fsp3) is 0.167. The molecule has 108 valence electrons. The number of amides is 1. The molecule has 0 bridgehead atoms. The fourth-order valence-electron chi connectivity index (χ4n) is 1.14. The van der Waals surface area contributed by atoms with E-state index in [1.54, 1.807) is 12.1 Å². The molecular formula is C12H9Cl4NO3. The molecule has 8 heteroatoms. The SMILES string of the molecule is C=C(NC(=O)OCC(Cl)(Cl)Cl)C(=O)c1ccc(Cl)cc1. The van der Waals surface area contributed by atoms with E-state index >= 15 is 0 Å². The zero-order valence-electron chi connectivity index (χ0n) is 9.96. The van der Waals surface area contributed by atoms with Crippen LogP contribution in [0.2, 0.25) is 5.02 Å². The number of allylic oxidation sites excluding steroid dienone is 1. The van der Waals surface area contributed by atoms with Gasteiger partial charge in [0.05, 0.1) is 5.70 Å². The largest absolute Gasteiger partial charge is 0.445 e. The van der Waals surface area contributed by atoms with E-state index in [2.05, 4.69) is 16.6 Å². The van der Waals surface area contributed by atoms with E-state index < -0.39 is 22.3 Å². The first-order valence-corrected chi connectivity index (χ1v) is 6.70. The number of ketones is 1. The summed E-state index contributed by atoms with van der Waals surface area (Å²) >= 11 is 21.9. The number of alkyl halides is 3. The van der Waals surface area contributed by atoms with E-state index in [9.17, 15) is 9.59 Å². The molecule has 1 aromatic carbocycles. The average Bonchev–Trinajstić information content (AvgIpc) is 2.35. The van der Waals surface area contributed by atoms with Gasteiger partial charge in [-0.25, -0.2) is 4.79 Å². The molecule has 1 rings (SSSR count). The molecule has 4 nitrogen and oxygen atoms in total. The van der Waals surface area contributed by atoms with Crippen molar-refractivity contribution in [1.29, 1.82) is 0 Å². The highest BCUT2D eigenvalue weighted by atomic mass is 35.6. The van der Waals surface area contributed by atoms with Crippen molar-refractivity contribution < 1.29 is 14.3 Å². The maximum Gasteiger partial charge on any atom is 0.411 e. The van der Waals surface area contributed by atoms with Crippen LogP contribution in [0, 0.1) is 0 Å². The summed E-state index contributed by atoms with van der Waals surface area (Å²) in [6.45, 7) is 2.99. The Morgan fingerprint density at radius 3 is 2.25 bits per heavy atom. The van der Waals surface area contributed by atoms with Crippen LogP contribution in [0.5, 0.6) is 0 Å². The van der Waals surface area contributed by atoms with Crippen molar-refractivity contribution in [2.45, 2.75) is 3.79 Å². The predicted octanol–water partition coefficient (Wildman–Crippen LogP) is 4.13. The number of rotatable bonds is 4. The number of carbonyl (C=O) groups excluding carboxylic acids is 2. The minimum absolute atomic E-state index is 0.165. The summed E-state index contributed by atoms with van der Waals surface area (Å²) in [4.78, 5) is 23.2. The molecule has 0 saturated heterocycles. The van der Waals surface area contributed by atoms with Gasteiger partial charge < -0.3 is 4.74 Å². The van der Waals surface area contributed by atoms with E-state index in [0.717, 1.165) is 0 Å². The molecule has 0 aliphatic carbocycles. The molecule has 0 fully saturated rings. The van der Waals surface area contributed by atoms with Crippen molar-refractivity contribution in [3.05, 3.63) is 47.1 Å². The van der Waals surface area contributed by atoms with Crippen molar-refractivity contribution >= 4 is 58.3 Å². The quantitative estimate of drug-likeness (QED) is 0.501. The monoisotopic (exact) mass is 355 g/mol. The lowest BCUT2D eigenvalue weighted by Gasteiger charge is -2.12. The van der Waals surface area contributed by atoms with E-state index in [4.69, 9.17) is 46.4 Å². The number of alkyl carbamates (subject to hydrolysis) is 1. The maximum atomic E-state index is 11.9. The Labute approximate surface area is 135 Å². The number of benzene rings is 1. The number of Topliss-reactive ketones (excluding diaryl/α,β-unsaturated/α-hetero) is 1. The first-order chi connectivity index (χ1) is 9.19. The van der Waals surface area contributed by atoms with E-state index in [1.165, 1.54) is 12.1 Å². The third-order valence-electron chi connectivity index (χ3n) is 2.00. The second-order valence-corrected chi connectivity index (χ2v) is 6.58. The molecule has 0 spiro atoms. The number of nitrogens with one attached hydrogen (secondary N) is 1. The summed E-state index contributed by atoms with van der Waals surface area (Å²) in [5, 5.41) is 2.64. The molecule has 1 N–H and O–H groups in total. The fourth-order valence-corrected chi connectivity index (χ4v) is 1.43. The molecule has 20 heavy (non-hydrogen) atoms. The van der Waals surface area contributed by atoms with Gasteiger partial charge in [0, 0.05) is 10.6 Å². The molecule has 0 atom stereocenters. The van der Waals surface area contributed by atoms with Gasteiger partial charge in [-0.15, -0.1) is 0 Å². The lowest BCUT2D eigenvalue weighted by atomic mass is 10.1. The van der Waals surface area contributed by atoms with Crippen LogP contribution >= 0.6 is 46.4 Å². The number of ether oxygens (including phenoxy) is 1. The van der Waals surface area contributed by atoms with Crippen molar-refractivity contribution in [3.8, 4) is 0 Å². The van der Waals surface area contributed by atoms with Gasteiger partial charge in [0.2, 0.25) is 9.58 Å². The Bertz CT molecular complexity index is 522. The van der Waals surface area contributed by atoms with Crippen LogP contribution < -0.4 is 5.32 Å². The Morgan fingerprint density at radius 2 is 1.75 bits per heavy atom. The Morgan fingerprint density at radius 1 is 1.20 bits per heavy atom. The summed E-state index contributed by atoms with van der Waals surface area (Å²) in [7, 11) is 0. The molecule has 0 saturated carbocycles. The van der Waals surface area contributed by atoms with Crippen molar-refractivity contribution in [3.63, 3.8) is 0 Å². The Balaban J connectivity index is 2.56. The highest BCUT2D eigenvalue weighted by molar-refractivity contribution is 6.67. The standard InChI is InChI=1S/C12H9Cl4NO3/c1-7(17-11(19)20-6-12(14,15)16)10(18)8-2-4-9(13)5-3-8/h2-5H,1,6H2,(H,17,19). The zero-order chi connectivity index (χ0) is 15.3. The van der Waals surface area contributed by atoms with Crippen molar-refractivity contribution in [2.75, 3.05) is 6.61 Å². The van der Waals surface area contributed by atoms with Gasteiger partial charge in [0.25, 0.3) is 0 Å². The van der Waals surface area contributed by atoms with Crippen LogP contribution in [0.3, 0.4) is 0 Å². The van der Waals surface area contributed by atoms with Gasteiger partial charge in [-0.2, -0.15) is 0 Å². The second-order valence-electron chi connectivity index (χ2n) is 3.63. The van der Waals surface area contributed by atoms with Crippen LogP contribution in [0.4, 0.5) is 4.79 Å². The number of carbonyl (C=O) groups is 2. The third-order valence-corrected chi connectivity index (χ3v) is 2.58. The van der Waals surface area contributed by atoms with Crippen molar-refractivity contribution in [2.24, 2.45) is 0 Å².